The maximum absolute atomic E-state index is 5.50. The Morgan fingerprint density at radius 2 is 1.58 bits per heavy atom. The van der Waals surface area contributed by atoms with Crippen molar-refractivity contribution in [1.82, 2.24) is 9.80 Å². The lowest BCUT2D eigenvalue weighted by Crippen LogP contribution is -2.48. The summed E-state index contributed by atoms with van der Waals surface area (Å²) in [5.41, 5.74) is 1.24. The summed E-state index contributed by atoms with van der Waals surface area (Å²) in [5.74, 6) is 1.89. The zero-order valence-corrected chi connectivity index (χ0v) is 16.0. The molecule has 3 rings (SSSR count). The van der Waals surface area contributed by atoms with Gasteiger partial charge in [-0.15, -0.1) is 0 Å². The van der Waals surface area contributed by atoms with Crippen molar-refractivity contribution < 1.29 is 4.74 Å². The minimum atomic E-state index is 0.897. The first-order chi connectivity index (χ1) is 11.8. The highest BCUT2D eigenvalue weighted by Crippen LogP contribution is 2.28. The van der Waals surface area contributed by atoms with E-state index in [4.69, 9.17) is 4.74 Å². The summed E-state index contributed by atoms with van der Waals surface area (Å²) in [6.07, 6.45) is 2.73. The zero-order valence-electron chi connectivity index (χ0n) is 16.0. The van der Waals surface area contributed by atoms with E-state index in [1.165, 1.54) is 51.3 Å². The second kappa shape index (κ2) is 9.90. The lowest BCUT2D eigenvalue weighted by molar-refractivity contribution is 0.155. The topological polar surface area (TPSA) is 19.0 Å². The molecule has 0 unspecified atom stereocenters. The van der Waals surface area contributed by atoms with Crippen LogP contribution in [0.4, 0.5) is 5.69 Å². The molecule has 136 valence electrons. The van der Waals surface area contributed by atoms with Gasteiger partial charge >= 0.3 is 0 Å². The molecule has 0 atom stereocenters. The van der Waals surface area contributed by atoms with Crippen LogP contribution in [0.1, 0.15) is 26.7 Å². The average molecular weight is 334 g/mol. The van der Waals surface area contributed by atoms with E-state index in [-0.39, 0.29) is 0 Å². The largest absolute Gasteiger partial charge is 0.495 e. The van der Waals surface area contributed by atoms with Crippen LogP contribution in [0.25, 0.3) is 0 Å². The lowest BCUT2D eigenvalue weighted by Gasteiger charge is -2.39. The van der Waals surface area contributed by atoms with Gasteiger partial charge in [-0.1, -0.05) is 26.0 Å². The van der Waals surface area contributed by atoms with Crippen molar-refractivity contribution in [3.63, 3.8) is 0 Å². The third-order valence-electron chi connectivity index (χ3n) is 5.15. The average Bonchev–Trinajstić information content (AvgIpc) is 2.66. The number of para-hydroxylation sites is 2. The van der Waals surface area contributed by atoms with E-state index < -0.39 is 0 Å². The normalized spacial score (nSPS) is 20.4. The number of piperazine rings is 1. The van der Waals surface area contributed by atoms with E-state index in [9.17, 15) is 0 Å². The third kappa shape index (κ3) is 5.12. The van der Waals surface area contributed by atoms with Gasteiger partial charge in [-0.3, -0.25) is 4.90 Å². The van der Waals surface area contributed by atoms with Gasteiger partial charge in [-0.05, 0) is 51.0 Å². The van der Waals surface area contributed by atoms with E-state index >= 15 is 0 Å². The molecule has 24 heavy (non-hydrogen) atoms. The predicted molar refractivity (Wildman–Crippen MR) is 103 cm³/mol. The molecular formula is C20H35N3O. The summed E-state index contributed by atoms with van der Waals surface area (Å²) in [6.45, 7) is 12.4. The summed E-state index contributed by atoms with van der Waals surface area (Å²) < 4.78 is 5.50. The van der Waals surface area contributed by atoms with E-state index in [1.54, 1.807) is 7.11 Å². The van der Waals surface area contributed by atoms with Crippen molar-refractivity contribution in [2.24, 2.45) is 5.92 Å². The van der Waals surface area contributed by atoms with Gasteiger partial charge in [-0.25, -0.2) is 0 Å². The number of likely N-dealkylation sites (tertiary alicyclic amines) is 1. The van der Waals surface area contributed by atoms with Crippen molar-refractivity contribution in [1.29, 1.82) is 0 Å². The standard InChI is InChI=1S/C18H29N3O.C2H6/c1-19-9-7-16(8-10-19)15-20-11-13-21(14-12-20)17-5-3-4-6-18(17)22-2;1-2/h3-6,16H,7-15H2,1-2H3;1-2H3. The van der Waals surface area contributed by atoms with Crippen LogP contribution < -0.4 is 9.64 Å². The molecule has 4 heteroatoms. The molecule has 0 N–H and O–H groups in total. The van der Waals surface area contributed by atoms with Gasteiger partial charge in [0.15, 0.2) is 0 Å². The monoisotopic (exact) mass is 333 g/mol. The number of hydrogen-bond acceptors (Lipinski definition) is 4. The SMILES string of the molecule is CC.COc1ccccc1N1CCN(CC2CCN(C)CC2)CC1. The molecule has 2 fully saturated rings. The summed E-state index contributed by atoms with van der Waals surface area (Å²) >= 11 is 0. The fourth-order valence-corrected chi connectivity index (χ4v) is 3.67. The predicted octanol–water partition coefficient (Wildman–Crippen LogP) is 3.19. The van der Waals surface area contributed by atoms with Gasteiger partial charge in [0.2, 0.25) is 0 Å². The molecule has 2 saturated heterocycles. The second-order valence-electron chi connectivity index (χ2n) is 6.71. The second-order valence-corrected chi connectivity index (χ2v) is 6.71. The first kappa shape index (κ1) is 19.1. The Morgan fingerprint density at radius 3 is 2.21 bits per heavy atom. The van der Waals surface area contributed by atoms with Crippen LogP contribution in [0.2, 0.25) is 0 Å². The first-order valence-electron chi connectivity index (χ1n) is 9.55. The van der Waals surface area contributed by atoms with E-state index in [2.05, 4.69) is 39.9 Å². The van der Waals surface area contributed by atoms with Crippen molar-refractivity contribution in [3.8, 4) is 5.75 Å². The first-order valence-corrected chi connectivity index (χ1v) is 9.55. The van der Waals surface area contributed by atoms with Crippen molar-refractivity contribution in [2.45, 2.75) is 26.7 Å². The van der Waals surface area contributed by atoms with Crippen molar-refractivity contribution in [3.05, 3.63) is 24.3 Å². The van der Waals surface area contributed by atoms with Crippen molar-refractivity contribution in [2.75, 3.05) is 64.9 Å². The third-order valence-corrected chi connectivity index (χ3v) is 5.15. The van der Waals surface area contributed by atoms with Crippen molar-refractivity contribution >= 4 is 5.69 Å². The number of rotatable bonds is 4. The molecule has 0 amide bonds. The molecule has 0 spiro atoms. The lowest BCUT2D eigenvalue weighted by atomic mass is 9.96. The highest BCUT2D eigenvalue weighted by atomic mass is 16.5. The number of nitrogens with zero attached hydrogens (tertiary/aromatic N) is 3. The Bertz CT molecular complexity index is 464. The molecule has 2 aliphatic rings. The molecular weight excluding hydrogens is 298 g/mol. The van der Waals surface area contributed by atoms with Gasteiger partial charge in [0.1, 0.15) is 5.75 Å². The van der Waals surface area contributed by atoms with Crippen LogP contribution in [0, 0.1) is 5.92 Å². The van der Waals surface area contributed by atoms with E-state index in [0.29, 0.717) is 0 Å². The summed E-state index contributed by atoms with van der Waals surface area (Å²) in [4.78, 5) is 7.57. The Morgan fingerprint density at radius 1 is 0.958 bits per heavy atom. The fraction of sp³-hybridized carbons (Fsp3) is 0.700. The minimum Gasteiger partial charge on any atom is -0.495 e. The summed E-state index contributed by atoms with van der Waals surface area (Å²) in [7, 11) is 4.00. The molecule has 0 bridgehead atoms. The van der Waals surface area contributed by atoms with Crippen LogP contribution in [0.15, 0.2) is 24.3 Å². The van der Waals surface area contributed by atoms with Crippen LogP contribution in [0.5, 0.6) is 5.75 Å². The highest BCUT2D eigenvalue weighted by molar-refractivity contribution is 5.58. The van der Waals surface area contributed by atoms with Gasteiger partial charge < -0.3 is 14.5 Å². The van der Waals surface area contributed by atoms with Crippen LogP contribution >= 0.6 is 0 Å². The quantitative estimate of drug-likeness (QED) is 0.842. The van der Waals surface area contributed by atoms with Crippen LogP contribution in [0.3, 0.4) is 0 Å². The van der Waals surface area contributed by atoms with Gasteiger partial charge in [0, 0.05) is 32.7 Å². The molecule has 4 nitrogen and oxygen atoms in total. The minimum absolute atomic E-state index is 0.897. The number of anilines is 1. The van der Waals surface area contributed by atoms with Gasteiger partial charge in [0.25, 0.3) is 0 Å². The summed E-state index contributed by atoms with van der Waals surface area (Å²) in [6, 6.07) is 8.37. The number of methoxy groups -OCH3 is 1. The van der Waals surface area contributed by atoms with Crippen LogP contribution in [-0.2, 0) is 0 Å². The Hall–Kier alpha value is -1.26. The molecule has 2 heterocycles. The molecule has 1 aromatic carbocycles. The van der Waals surface area contributed by atoms with E-state index in [1.807, 2.05) is 19.9 Å². The smallest absolute Gasteiger partial charge is 0.142 e. The Labute approximate surface area is 148 Å². The number of ether oxygens (including phenoxy) is 1. The number of hydrogen-bond donors (Lipinski definition) is 0. The number of benzene rings is 1. The molecule has 1 aromatic rings. The maximum atomic E-state index is 5.50. The molecule has 0 radical (unpaired) electrons. The zero-order chi connectivity index (χ0) is 17.4. The van der Waals surface area contributed by atoms with E-state index in [0.717, 1.165) is 24.8 Å². The van der Waals surface area contributed by atoms with Gasteiger partial charge in [0.05, 0.1) is 12.8 Å². The molecule has 0 aliphatic carbocycles. The molecule has 0 aromatic heterocycles. The fourth-order valence-electron chi connectivity index (χ4n) is 3.67. The maximum Gasteiger partial charge on any atom is 0.142 e. The molecule has 0 saturated carbocycles. The molecule has 2 aliphatic heterocycles. The Kier molecular flexibility index (Phi) is 7.86. The number of piperidine rings is 1. The Balaban J connectivity index is 0.00000100. The highest BCUT2D eigenvalue weighted by Gasteiger charge is 2.23. The summed E-state index contributed by atoms with van der Waals surface area (Å²) in [5, 5.41) is 0. The van der Waals surface area contributed by atoms with Gasteiger partial charge in [-0.2, -0.15) is 0 Å². The van der Waals surface area contributed by atoms with Crippen LogP contribution in [-0.4, -0.2) is 69.8 Å².